The molecule has 0 radical (unpaired) electrons. The molecular weight excluding hydrogens is 352 g/mol. The van der Waals surface area contributed by atoms with Crippen molar-refractivity contribution in [2.24, 2.45) is 0 Å². The van der Waals surface area contributed by atoms with Crippen LogP contribution >= 0.6 is 11.8 Å². The molecule has 1 unspecified atom stereocenters. The largest absolute Gasteiger partial charge is 0.342 e. The molecule has 2 aromatic carbocycles. The maximum absolute atomic E-state index is 14.0. The topological polar surface area (TPSA) is 20.3 Å². The number of aryl methyl sites for hydroxylation is 2. The van der Waals surface area contributed by atoms with E-state index >= 15 is 0 Å². The van der Waals surface area contributed by atoms with E-state index in [2.05, 4.69) is 6.07 Å². The minimum absolute atomic E-state index is 0.111. The predicted molar refractivity (Wildman–Crippen MR) is 102 cm³/mol. The maximum atomic E-state index is 14.0. The Labute approximate surface area is 157 Å². The molecule has 0 spiro atoms. The molecule has 2 aromatic rings. The number of carbonyl (C=O) groups is 1. The quantitative estimate of drug-likeness (QED) is 0.757. The molecule has 1 aliphatic rings. The molecule has 0 N–H and O–H groups in total. The van der Waals surface area contributed by atoms with E-state index in [4.69, 9.17) is 0 Å². The molecule has 1 saturated heterocycles. The SMILES string of the molecule is Cc1cccc(CCC(=O)N2CCSC(c3cc(F)ccc3F)CC2)c1. The molecule has 5 heteroatoms. The molecule has 138 valence electrons. The van der Waals surface area contributed by atoms with Crippen LogP contribution in [0.2, 0.25) is 0 Å². The fraction of sp³-hybridized carbons (Fsp3) is 0.381. The van der Waals surface area contributed by atoms with Gasteiger partial charge in [-0.1, -0.05) is 29.8 Å². The summed E-state index contributed by atoms with van der Waals surface area (Å²) in [5, 5.41) is -0.111. The third kappa shape index (κ3) is 4.85. The van der Waals surface area contributed by atoms with Crippen molar-refractivity contribution >= 4 is 17.7 Å². The van der Waals surface area contributed by atoms with Crippen molar-refractivity contribution in [2.45, 2.75) is 31.4 Å². The molecule has 26 heavy (non-hydrogen) atoms. The van der Waals surface area contributed by atoms with Gasteiger partial charge in [0.2, 0.25) is 5.91 Å². The lowest BCUT2D eigenvalue weighted by Gasteiger charge is -2.20. The van der Waals surface area contributed by atoms with Crippen LogP contribution in [0.1, 0.15) is 34.8 Å². The van der Waals surface area contributed by atoms with Gasteiger partial charge in [0.05, 0.1) is 0 Å². The summed E-state index contributed by atoms with van der Waals surface area (Å²) in [5.41, 5.74) is 2.77. The van der Waals surface area contributed by atoms with Crippen LogP contribution < -0.4 is 0 Å². The van der Waals surface area contributed by atoms with Crippen LogP contribution in [0.4, 0.5) is 8.78 Å². The molecule has 3 rings (SSSR count). The van der Waals surface area contributed by atoms with Crippen LogP contribution in [0.25, 0.3) is 0 Å². The number of hydrogen-bond acceptors (Lipinski definition) is 2. The molecule has 0 saturated carbocycles. The summed E-state index contributed by atoms with van der Waals surface area (Å²) in [6.07, 6.45) is 1.85. The minimum atomic E-state index is -0.419. The zero-order valence-electron chi connectivity index (χ0n) is 14.9. The van der Waals surface area contributed by atoms with Crippen LogP contribution in [0, 0.1) is 18.6 Å². The Balaban J connectivity index is 1.57. The van der Waals surface area contributed by atoms with Crippen LogP contribution in [0.5, 0.6) is 0 Å². The fourth-order valence-corrected chi connectivity index (χ4v) is 4.55. The molecule has 1 amide bonds. The van der Waals surface area contributed by atoms with E-state index in [1.807, 2.05) is 30.0 Å². The standard InChI is InChI=1S/C21H23F2NOS/c1-15-3-2-4-16(13-15)5-8-21(25)24-10-9-20(26-12-11-24)18-14-17(22)6-7-19(18)23/h2-4,6-7,13-14,20H,5,8-12H2,1H3. The van der Waals surface area contributed by atoms with Crippen molar-refractivity contribution in [3.8, 4) is 0 Å². The van der Waals surface area contributed by atoms with Crippen LogP contribution in [0.3, 0.4) is 0 Å². The first-order valence-electron chi connectivity index (χ1n) is 8.93. The highest BCUT2D eigenvalue weighted by Gasteiger charge is 2.24. The number of thioether (sulfide) groups is 1. The van der Waals surface area contributed by atoms with Crippen molar-refractivity contribution in [3.63, 3.8) is 0 Å². The lowest BCUT2D eigenvalue weighted by atomic mass is 10.1. The summed E-state index contributed by atoms with van der Waals surface area (Å²) in [6, 6.07) is 11.8. The number of nitrogens with zero attached hydrogens (tertiary/aromatic N) is 1. The van der Waals surface area contributed by atoms with E-state index in [0.717, 1.165) is 18.2 Å². The first-order chi connectivity index (χ1) is 12.5. The van der Waals surface area contributed by atoms with Gasteiger partial charge in [0.15, 0.2) is 0 Å². The van der Waals surface area contributed by atoms with E-state index in [0.29, 0.717) is 31.5 Å². The van der Waals surface area contributed by atoms with Crippen LogP contribution in [-0.4, -0.2) is 29.6 Å². The number of amides is 1. The average molecular weight is 375 g/mol. The first kappa shape index (κ1) is 18.9. The Hall–Kier alpha value is -1.88. The smallest absolute Gasteiger partial charge is 0.222 e. The molecule has 2 nitrogen and oxygen atoms in total. The highest BCUT2D eigenvalue weighted by molar-refractivity contribution is 7.99. The second kappa shape index (κ2) is 8.67. The minimum Gasteiger partial charge on any atom is -0.342 e. The lowest BCUT2D eigenvalue weighted by molar-refractivity contribution is -0.130. The number of halogens is 2. The van der Waals surface area contributed by atoms with Crippen molar-refractivity contribution < 1.29 is 13.6 Å². The molecule has 0 bridgehead atoms. The summed E-state index contributed by atoms with van der Waals surface area (Å²) < 4.78 is 27.5. The Morgan fingerprint density at radius 2 is 2.04 bits per heavy atom. The van der Waals surface area contributed by atoms with E-state index in [9.17, 15) is 13.6 Å². The fourth-order valence-electron chi connectivity index (χ4n) is 3.31. The van der Waals surface area contributed by atoms with E-state index in [1.165, 1.54) is 23.3 Å². The molecule has 0 aromatic heterocycles. The maximum Gasteiger partial charge on any atom is 0.222 e. The summed E-state index contributed by atoms with van der Waals surface area (Å²) >= 11 is 1.60. The van der Waals surface area contributed by atoms with Gasteiger partial charge in [0, 0.05) is 36.1 Å². The zero-order chi connectivity index (χ0) is 18.5. The van der Waals surface area contributed by atoms with Crippen LogP contribution in [-0.2, 0) is 11.2 Å². The van der Waals surface area contributed by atoms with Gasteiger partial charge in [-0.05, 0) is 43.5 Å². The van der Waals surface area contributed by atoms with Gasteiger partial charge in [0.1, 0.15) is 11.6 Å². The summed E-state index contributed by atoms with van der Waals surface area (Å²) in [5.74, 6) is 0.0736. The average Bonchev–Trinajstić information content (AvgIpc) is 2.88. The van der Waals surface area contributed by atoms with Crippen molar-refractivity contribution in [3.05, 3.63) is 70.8 Å². The zero-order valence-corrected chi connectivity index (χ0v) is 15.7. The van der Waals surface area contributed by atoms with Gasteiger partial charge in [-0.15, -0.1) is 0 Å². The molecular formula is C21H23F2NOS. The normalized spacial score (nSPS) is 17.8. The Morgan fingerprint density at radius 3 is 2.85 bits per heavy atom. The van der Waals surface area contributed by atoms with Crippen molar-refractivity contribution in [1.82, 2.24) is 4.90 Å². The molecule has 1 heterocycles. The second-order valence-corrected chi connectivity index (χ2v) is 7.99. The van der Waals surface area contributed by atoms with Gasteiger partial charge < -0.3 is 4.90 Å². The summed E-state index contributed by atoms with van der Waals surface area (Å²) in [6.45, 7) is 3.29. The molecule has 1 aliphatic heterocycles. The number of hydrogen-bond donors (Lipinski definition) is 0. The molecule has 1 fully saturated rings. The van der Waals surface area contributed by atoms with E-state index < -0.39 is 5.82 Å². The Kier molecular flexibility index (Phi) is 6.30. The van der Waals surface area contributed by atoms with Gasteiger partial charge in [-0.25, -0.2) is 8.78 Å². The Morgan fingerprint density at radius 1 is 1.19 bits per heavy atom. The second-order valence-electron chi connectivity index (χ2n) is 6.68. The number of carbonyl (C=O) groups excluding carboxylic acids is 1. The van der Waals surface area contributed by atoms with Crippen molar-refractivity contribution in [1.29, 1.82) is 0 Å². The predicted octanol–water partition coefficient (Wildman–Crippen LogP) is 4.91. The summed E-state index contributed by atoms with van der Waals surface area (Å²) in [7, 11) is 0. The molecule has 1 atom stereocenters. The van der Waals surface area contributed by atoms with Gasteiger partial charge in [-0.2, -0.15) is 11.8 Å². The van der Waals surface area contributed by atoms with E-state index in [-0.39, 0.29) is 17.0 Å². The number of rotatable bonds is 4. The highest BCUT2D eigenvalue weighted by atomic mass is 32.2. The molecule has 0 aliphatic carbocycles. The lowest BCUT2D eigenvalue weighted by Crippen LogP contribution is -2.33. The van der Waals surface area contributed by atoms with Gasteiger partial charge >= 0.3 is 0 Å². The van der Waals surface area contributed by atoms with Crippen LogP contribution in [0.15, 0.2) is 42.5 Å². The third-order valence-corrected chi connectivity index (χ3v) is 6.02. The highest BCUT2D eigenvalue weighted by Crippen LogP contribution is 2.36. The monoisotopic (exact) mass is 375 g/mol. The third-order valence-electron chi connectivity index (χ3n) is 4.71. The van der Waals surface area contributed by atoms with Gasteiger partial charge in [-0.3, -0.25) is 4.79 Å². The summed E-state index contributed by atoms with van der Waals surface area (Å²) in [4.78, 5) is 14.4. The van der Waals surface area contributed by atoms with Crippen molar-refractivity contribution in [2.75, 3.05) is 18.8 Å². The van der Waals surface area contributed by atoms with E-state index in [1.54, 1.807) is 11.8 Å². The first-order valence-corrected chi connectivity index (χ1v) is 9.97. The van der Waals surface area contributed by atoms with Gasteiger partial charge in [0.25, 0.3) is 0 Å². The Bertz CT molecular complexity index is 780. The number of benzene rings is 2.